The summed E-state index contributed by atoms with van der Waals surface area (Å²) in [6.45, 7) is 0. The van der Waals surface area contributed by atoms with Gasteiger partial charge in [0.1, 0.15) is 0 Å². The van der Waals surface area contributed by atoms with Crippen molar-refractivity contribution in [2.75, 3.05) is 0 Å². The molecule has 0 spiro atoms. The van der Waals surface area contributed by atoms with Gasteiger partial charge in [-0.2, -0.15) is 5.10 Å². The van der Waals surface area contributed by atoms with Gasteiger partial charge in [-0.3, -0.25) is 4.79 Å². The highest BCUT2D eigenvalue weighted by Gasteiger charge is 2.13. The third-order valence-corrected chi connectivity index (χ3v) is 5.25. The Hall–Kier alpha value is -2.92. The summed E-state index contributed by atoms with van der Waals surface area (Å²) in [6.07, 6.45) is 1.47. The number of para-hydroxylation sites is 1. The minimum Gasteiger partial charge on any atom is -0.267 e. The van der Waals surface area contributed by atoms with Crippen LogP contribution in [0.3, 0.4) is 0 Å². The van der Waals surface area contributed by atoms with Gasteiger partial charge in [0.25, 0.3) is 5.91 Å². The lowest BCUT2D eigenvalue weighted by Crippen LogP contribution is -2.18. The number of nitrogens with zero attached hydrogens (tertiary/aromatic N) is 2. The van der Waals surface area contributed by atoms with Crippen LogP contribution in [0.15, 0.2) is 77.9 Å². The lowest BCUT2D eigenvalue weighted by molar-refractivity contribution is 0.0956. The van der Waals surface area contributed by atoms with Crippen LogP contribution in [-0.2, 0) is 0 Å². The molecule has 1 heterocycles. The molecule has 148 valence electrons. The minimum atomic E-state index is -0.356. The molecule has 0 saturated carbocycles. The number of nitrogens with one attached hydrogen (secondary N) is 1. The lowest BCUT2D eigenvalue weighted by Gasteiger charge is -2.09. The average Bonchev–Trinajstić information content (AvgIpc) is 2.75. The molecule has 3 aromatic carbocycles. The second-order valence-electron chi connectivity index (χ2n) is 6.44. The van der Waals surface area contributed by atoms with Crippen molar-refractivity contribution in [3.05, 3.63) is 99.0 Å². The smallest absolute Gasteiger partial charge is 0.267 e. The van der Waals surface area contributed by atoms with E-state index in [-0.39, 0.29) is 5.91 Å². The van der Waals surface area contributed by atoms with E-state index < -0.39 is 0 Å². The highest BCUT2D eigenvalue weighted by Crippen LogP contribution is 2.26. The molecule has 4 rings (SSSR count). The molecule has 30 heavy (non-hydrogen) atoms. The fourth-order valence-electron chi connectivity index (χ4n) is 2.96. The second kappa shape index (κ2) is 8.84. The molecule has 0 radical (unpaired) electrons. The number of pyridine rings is 1. The monoisotopic (exact) mass is 453 g/mol. The van der Waals surface area contributed by atoms with Gasteiger partial charge in [0, 0.05) is 26.6 Å². The van der Waals surface area contributed by atoms with Gasteiger partial charge in [0.2, 0.25) is 0 Å². The molecule has 0 fully saturated rings. The summed E-state index contributed by atoms with van der Waals surface area (Å²) in [5, 5.41) is 6.37. The fraction of sp³-hybridized carbons (Fsp3) is 0. The largest absolute Gasteiger partial charge is 0.272 e. The zero-order valence-corrected chi connectivity index (χ0v) is 17.7. The number of aromatic nitrogens is 1. The Labute approximate surface area is 188 Å². The first kappa shape index (κ1) is 20.4. The van der Waals surface area contributed by atoms with Crippen LogP contribution >= 0.6 is 34.8 Å². The lowest BCUT2D eigenvalue weighted by atomic mass is 10.0. The van der Waals surface area contributed by atoms with Gasteiger partial charge >= 0.3 is 0 Å². The van der Waals surface area contributed by atoms with Crippen molar-refractivity contribution in [3.63, 3.8) is 0 Å². The molecule has 0 unspecified atom stereocenters. The molecule has 4 nitrogen and oxygen atoms in total. The van der Waals surface area contributed by atoms with Gasteiger partial charge in [-0.05, 0) is 36.4 Å². The zero-order chi connectivity index (χ0) is 21.1. The van der Waals surface area contributed by atoms with Gasteiger partial charge in [0.05, 0.1) is 28.0 Å². The van der Waals surface area contributed by atoms with E-state index in [1.807, 2.05) is 36.4 Å². The Morgan fingerprint density at radius 3 is 2.40 bits per heavy atom. The highest BCUT2D eigenvalue weighted by molar-refractivity contribution is 6.36. The minimum absolute atomic E-state index is 0.356. The van der Waals surface area contributed by atoms with E-state index in [9.17, 15) is 4.79 Å². The summed E-state index contributed by atoms with van der Waals surface area (Å²) in [6, 6.07) is 21.5. The quantitative estimate of drug-likeness (QED) is 0.278. The van der Waals surface area contributed by atoms with Crippen LogP contribution in [0.4, 0.5) is 0 Å². The molecular weight excluding hydrogens is 441 g/mol. The number of carbonyl (C=O) groups excluding carboxylic acids is 1. The summed E-state index contributed by atoms with van der Waals surface area (Å²) < 4.78 is 0. The van der Waals surface area contributed by atoms with Crippen LogP contribution in [0.5, 0.6) is 0 Å². The SMILES string of the molecule is O=C(N/N=C\c1ccc(Cl)cc1Cl)c1cc(-c2ccc(Cl)cc2)nc2ccccc12. The van der Waals surface area contributed by atoms with E-state index in [0.717, 1.165) is 10.9 Å². The van der Waals surface area contributed by atoms with Gasteiger partial charge in [0.15, 0.2) is 0 Å². The number of hydrazone groups is 1. The number of halogens is 3. The predicted octanol–water partition coefficient (Wildman–Crippen LogP) is 6.63. The topological polar surface area (TPSA) is 54.4 Å². The Kier molecular flexibility index (Phi) is 6.00. The van der Waals surface area contributed by atoms with E-state index in [0.29, 0.717) is 37.4 Å². The third kappa shape index (κ3) is 4.46. The number of hydrogen-bond acceptors (Lipinski definition) is 3. The number of rotatable bonds is 4. The number of amides is 1. The molecule has 0 aliphatic heterocycles. The maximum Gasteiger partial charge on any atom is 0.272 e. The maximum atomic E-state index is 12.9. The average molecular weight is 455 g/mol. The van der Waals surface area contributed by atoms with Crippen molar-refractivity contribution < 1.29 is 4.79 Å². The summed E-state index contributed by atoms with van der Waals surface area (Å²) in [7, 11) is 0. The van der Waals surface area contributed by atoms with E-state index in [1.54, 1.807) is 36.4 Å². The molecule has 0 aliphatic carbocycles. The second-order valence-corrected chi connectivity index (χ2v) is 7.72. The van der Waals surface area contributed by atoms with E-state index >= 15 is 0 Å². The molecule has 7 heteroatoms. The summed E-state index contributed by atoms with van der Waals surface area (Å²) in [5.74, 6) is -0.356. The number of carbonyl (C=O) groups is 1. The molecule has 0 bridgehead atoms. The molecular formula is C23H14Cl3N3O. The van der Waals surface area contributed by atoms with Crippen molar-refractivity contribution >= 4 is 57.8 Å². The molecule has 1 amide bonds. The molecule has 4 aromatic rings. The van der Waals surface area contributed by atoms with Crippen LogP contribution in [0.25, 0.3) is 22.2 Å². The van der Waals surface area contributed by atoms with Gasteiger partial charge in [-0.1, -0.05) is 71.2 Å². The van der Waals surface area contributed by atoms with Crippen LogP contribution in [0, 0.1) is 0 Å². The summed E-state index contributed by atoms with van der Waals surface area (Å²) in [5.41, 5.74) is 5.90. The number of benzene rings is 3. The maximum absolute atomic E-state index is 12.9. The Bertz CT molecular complexity index is 1270. The number of hydrogen-bond donors (Lipinski definition) is 1. The van der Waals surface area contributed by atoms with Gasteiger partial charge < -0.3 is 0 Å². The van der Waals surface area contributed by atoms with Crippen molar-refractivity contribution in [2.45, 2.75) is 0 Å². The van der Waals surface area contributed by atoms with Crippen LogP contribution in [0.1, 0.15) is 15.9 Å². The molecule has 1 aromatic heterocycles. The van der Waals surface area contributed by atoms with Crippen molar-refractivity contribution in [1.82, 2.24) is 10.4 Å². The first-order valence-corrected chi connectivity index (χ1v) is 10.1. The Morgan fingerprint density at radius 1 is 0.900 bits per heavy atom. The molecule has 0 aliphatic rings. The first-order valence-electron chi connectivity index (χ1n) is 8.95. The van der Waals surface area contributed by atoms with Gasteiger partial charge in [-0.25, -0.2) is 10.4 Å². The molecule has 1 N–H and O–H groups in total. The molecule has 0 saturated heterocycles. The van der Waals surface area contributed by atoms with Crippen molar-refractivity contribution in [3.8, 4) is 11.3 Å². The summed E-state index contributed by atoms with van der Waals surface area (Å²) in [4.78, 5) is 17.6. The van der Waals surface area contributed by atoms with Crippen LogP contribution < -0.4 is 5.43 Å². The third-order valence-electron chi connectivity index (χ3n) is 4.43. The standard InChI is InChI=1S/C23H14Cl3N3O/c24-16-8-5-14(6-9-16)22-12-19(18-3-1-2-4-21(18)28-22)23(30)29-27-13-15-7-10-17(25)11-20(15)26/h1-13H,(H,29,30)/b27-13-. The van der Waals surface area contributed by atoms with Crippen molar-refractivity contribution in [1.29, 1.82) is 0 Å². The molecule has 0 atom stereocenters. The summed E-state index contributed by atoms with van der Waals surface area (Å²) >= 11 is 18.0. The predicted molar refractivity (Wildman–Crippen MR) is 124 cm³/mol. The zero-order valence-electron chi connectivity index (χ0n) is 15.4. The van der Waals surface area contributed by atoms with Crippen LogP contribution in [-0.4, -0.2) is 17.1 Å². The Balaban J connectivity index is 1.67. The fourth-order valence-corrected chi connectivity index (χ4v) is 3.54. The van der Waals surface area contributed by atoms with Crippen molar-refractivity contribution in [2.24, 2.45) is 5.10 Å². The van der Waals surface area contributed by atoms with Crippen LogP contribution in [0.2, 0.25) is 15.1 Å². The number of fused-ring (bicyclic) bond motifs is 1. The van der Waals surface area contributed by atoms with E-state index in [1.165, 1.54) is 6.21 Å². The normalized spacial score (nSPS) is 11.2. The van der Waals surface area contributed by atoms with E-state index in [2.05, 4.69) is 15.5 Å². The van der Waals surface area contributed by atoms with Gasteiger partial charge in [-0.15, -0.1) is 0 Å². The van der Waals surface area contributed by atoms with E-state index in [4.69, 9.17) is 34.8 Å². The highest BCUT2D eigenvalue weighted by atomic mass is 35.5. The first-order chi connectivity index (χ1) is 14.5. The Morgan fingerprint density at radius 2 is 1.63 bits per heavy atom.